The molecule has 2 aromatic rings. The van der Waals surface area contributed by atoms with E-state index in [4.69, 9.17) is 9.47 Å². The summed E-state index contributed by atoms with van der Waals surface area (Å²) in [5.74, 6) is 9.66. The van der Waals surface area contributed by atoms with Crippen molar-refractivity contribution in [3.8, 4) is 23.7 Å². The van der Waals surface area contributed by atoms with Crippen molar-refractivity contribution < 1.29 is 28.7 Å². The van der Waals surface area contributed by atoms with Crippen LogP contribution in [0.25, 0.3) is 0 Å². The Labute approximate surface area is 212 Å². The normalized spacial score (nSPS) is 9.72. The maximum atomic E-state index is 12.0. The van der Waals surface area contributed by atoms with Gasteiger partial charge >= 0.3 is 11.9 Å². The third-order valence-electron chi connectivity index (χ3n) is 5.04. The van der Waals surface area contributed by atoms with E-state index >= 15 is 0 Å². The summed E-state index contributed by atoms with van der Waals surface area (Å²) in [7, 11) is 0. The maximum absolute atomic E-state index is 12.0. The summed E-state index contributed by atoms with van der Waals surface area (Å²) in [6.45, 7) is 3.32. The van der Waals surface area contributed by atoms with Crippen molar-refractivity contribution in [1.82, 2.24) is 0 Å². The first-order valence-corrected chi connectivity index (χ1v) is 11.9. The topological polar surface area (TPSA) is 86.7 Å². The summed E-state index contributed by atoms with van der Waals surface area (Å²) in [5.41, 5.74) is 3.25. The molecule has 0 bridgehead atoms. The molecule has 0 saturated carbocycles. The first-order valence-electron chi connectivity index (χ1n) is 11.9. The molecule has 0 aliphatic carbocycles. The minimum absolute atomic E-state index is 0.212. The van der Waals surface area contributed by atoms with Gasteiger partial charge in [0, 0.05) is 37.8 Å². The molecule has 6 nitrogen and oxygen atoms in total. The van der Waals surface area contributed by atoms with Gasteiger partial charge in [0.25, 0.3) is 0 Å². The molecule has 0 unspecified atom stereocenters. The fourth-order valence-electron chi connectivity index (χ4n) is 3.23. The van der Waals surface area contributed by atoms with Crippen LogP contribution in [-0.2, 0) is 41.5 Å². The molecule has 2 aromatic carbocycles. The van der Waals surface area contributed by atoms with Crippen molar-refractivity contribution in [3.05, 3.63) is 70.8 Å². The van der Waals surface area contributed by atoms with E-state index in [0.29, 0.717) is 25.7 Å². The molecule has 0 fully saturated rings. The summed E-state index contributed by atoms with van der Waals surface area (Å²) in [5, 5.41) is 0. The summed E-state index contributed by atoms with van der Waals surface area (Å²) < 4.78 is 10.5. The molecule has 0 atom stereocenters. The summed E-state index contributed by atoms with van der Waals surface area (Å²) in [6.07, 6.45) is 2.55. The molecule has 36 heavy (non-hydrogen) atoms. The van der Waals surface area contributed by atoms with E-state index in [1.807, 2.05) is 48.5 Å². The standard InChI is InChI=1S/C30H30O6/c1-23(31)13-15-25-9-3-5-11-27(25)17-19-29(33)35-21-7-8-22-36-30(34)20-18-28-12-6-4-10-26(28)16-14-24(2)32/h3-6,9-12H,7-8,17-22H2,1-2H3. The Morgan fingerprint density at radius 2 is 1.03 bits per heavy atom. The van der Waals surface area contributed by atoms with Crippen LogP contribution in [-0.4, -0.2) is 36.7 Å². The monoisotopic (exact) mass is 486 g/mol. The predicted molar refractivity (Wildman–Crippen MR) is 136 cm³/mol. The molecule has 2 rings (SSSR count). The number of benzene rings is 2. The predicted octanol–water partition coefficient (Wildman–Crippen LogP) is 4.00. The van der Waals surface area contributed by atoms with Crippen LogP contribution in [0.3, 0.4) is 0 Å². The number of ether oxygens (including phenoxy) is 2. The Kier molecular flexibility index (Phi) is 12.2. The van der Waals surface area contributed by atoms with E-state index in [-0.39, 0.29) is 49.6 Å². The third-order valence-corrected chi connectivity index (χ3v) is 5.04. The molecule has 0 N–H and O–H groups in total. The average Bonchev–Trinajstić information content (AvgIpc) is 2.86. The Bertz CT molecular complexity index is 1110. The van der Waals surface area contributed by atoms with Crippen molar-refractivity contribution >= 4 is 23.5 Å². The van der Waals surface area contributed by atoms with Crippen molar-refractivity contribution in [1.29, 1.82) is 0 Å². The van der Waals surface area contributed by atoms with Gasteiger partial charge in [0.15, 0.2) is 0 Å². The van der Waals surface area contributed by atoms with E-state index in [1.54, 1.807) is 0 Å². The Hall–Kier alpha value is -4.16. The molecular weight excluding hydrogens is 456 g/mol. The molecule has 0 saturated heterocycles. The van der Waals surface area contributed by atoms with Crippen LogP contribution >= 0.6 is 0 Å². The lowest BCUT2D eigenvalue weighted by molar-refractivity contribution is -0.146. The molecule has 0 spiro atoms. The number of esters is 2. The summed E-state index contributed by atoms with van der Waals surface area (Å²) in [6, 6.07) is 14.8. The van der Waals surface area contributed by atoms with E-state index in [1.165, 1.54) is 13.8 Å². The molecule has 0 radical (unpaired) electrons. The van der Waals surface area contributed by atoms with Crippen molar-refractivity contribution in [3.63, 3.8) is 0 Å². The summed E-state index contributed by atoms with van der Waals surface area (Å²) >= 11 is 0. The molecule has 0 amide bonds. The molecular formula is C30H30O6. The maximum Gasteiger partial charge on any atom is 0.306 e. The van der Waals surface area contributed by atoms with E-state index in [9.17, 15) is 19.2 Å². The fraction of sp³-hybridized carbons (Fsp3) is 0.333. The number of hydrogen-bond acceptors (Lipinski definition) is 6. The molecule has 186 valence electrons. The number of ketones is 2. The Morgan fingerprint density at radius 1 is 0.639 bits per heavy atom. The third kappa shape index (κ3) is 11.3. The van der Waals surface area contributed by atoms with Gasteiger partial charge in [-0.3, -0.25) is 19.2 Å². The molecule has 0 aliphatic heterocycles. The zero-order valence-corrected chi connectivity index (χ0v) is 20.7. The van der Waals surface area contributed by atoms with Crippen molar-refractivity contribution in [2.75, 3.05) is 13.2 Å². The molecule has 6 heteroatoms. The molecule has 0 aliphatic rings. The smallest absolute Gasteiger partial charge is 0.306 e. The fourth-order valence-corrected chi connectivity index (χ4v) is 3.23. The molecule has 0 aromatic heterocycles. The van der Waals surface area contributed by atoms with Crippen LogP contribution in [0.4, 0.5) is 0 Å². The lowest BCUT2D eigenvalue weighted by atomic mass is 10.0. The van der Waals surface area contributed by atoms with Gasteiger partial charge in [-0.25, -0.2) is 0 Å². The van der Waals surface area contributed by atoms with Gasteiger partial charge in [-0.2, -0.15) is 0 Å². The number of hydrogen-bond donors (Lipinski definition) is 0. The highest BCUT2D eigenvalue weighted by Crippen LogP contribution is 2.12. The van der Waals surface area contributed by atoms with Gasteiger partial charge in [-0.1, -0.05) is 48.2 Å². The van der Waals surface area contributed by atoms with E-state index in [2.05, 4.69) is 23.7 Å². The SMILES string of the molecule is CC(=O)C#Cc1ccccc1CCC(=O)OCCCCOC(=O)CCc1ccccc1C#CC(C)=O. The van der Waals surface area contributed by atoms with E-state index < -0.39 is 0 Å². The second kappa shape index (κ2) is 15.7. The van der Waals surface area contributed by atoms with Crippen molar-refractivity contribution in [2.24, 2.45) is 0 Å². The van der Waals surface area contributed by atoms with E-state index in [0.717, 1.165) is 22.3 Å². The van der Waals surface area contributed by atoms with Gasteiger partial charge in [-0.15, -0.1) is 0 Å². The van der Waals surface area contributed by atoms with Crippen LogP contribution in [0, 0.1) is 23.7 Å². The second-order valence-electron chi connectivity index (χ2n) is 8.07. The highest BCUT2D eigenvalue weighted by atomic mass is 16.5. The van der Waals surface area contributed by atoms with Gasteiger partial charge in [0.1, 0.15) is 0 Å². The first kappa shape index (κ1) is 28.1. The largest absolute Gasteiger partial charge is 0.466 e. The lowest BCUT2D eigenvalue weighted by Crippen LogP contribution is -2.10. The second-order valence-corrected chi connectivity index (χ2v) is 8.07. The van der Waals surface area contributed by atoms with Crippen LogP contribution < -0.4 is 0 Å². The first-order chi connectivity index (χ1) is 17.3. The van der Waals surface area contributed by atoms with Crippen LogP contribution in [0.5, 0.6) is 0 Å². The van der Waals surface area contributed by atoms with Gasteiger partial charge in [-0.05, 0) is 60.8 Å². The van der Waals surface area contributed by atoms with Gasteiger partial charge in [0.05, 0.1) is 13.2 Å². The van der Waals surface area contributed by atoms with Crippen LogP contribution in [0.1, 0.15) is 61.8 Å². The lowest BCUT2D eigenvalue weighted by Gasteiger charge is -2.08. The zero-order chi connectivity index (χ0) is 26.2. The molecule has 0 heterocycles. The zero-order valence-electron chi connectivity index (χ0n) is 20.7. The quantitative estimate of drug-likeness (QED) is 0.271. The number of aryl methyl sites for hydroxylation is 2. The number of Topliss-reactive ketones (excluding diaryl/α,β-unsaturated/α-hetero) is 2. The minimum atomic E-state index is -0.312. The number of carbonyl (C=O) groups excluding carboxylic acids is 4. The van der Waals surface area contributed by atoms with Crippen LogP contribution in [0.2, 0.25) is 0 Å². The number of rotatable bonds is 11. The number of unbranched alkanes of at least 4 members (excludes halogenated alkanes) is 1. The van der Waals surface area contributed by atoms with Gasteiger partial charge < -0.3 is 9.47 Å². The highest BCUT2D eigenvalue weighted by molar-refractivity contribution is 5.94. The Morgan fingerprint density at radius 3 is 1.42 bits per heavy atom. The van der Waals surface area contributed by atoms with Gasteiger partial charge in [0.2, 0.25) is 11.6 Å². The highest BCUT2D eigenvalue weighted by Gasteiger charge is 2.08. The van der Waals surface area contributed by atoms with Crippen molar-refractivity contribution in [2.45, 2.75) is 52.4 Å². The minimum Gasteiger partial charge on any atom is -0.466 e. The summed E-state index contributed by atoms with van der Waals surface area (Å²) in [4.78, 5) is 46.2. The average molecular weight is 487 g/mol. The Balaban J connectivity index is 1.62. The number of carbonyl (C=O) groups is 4. The van der Waals surface area contributed by atoms with Crippen LogP contribution in [0.15, 0.2) is 48.5 Å².